The van der Waals surface area contributed by atoms with Crippen LogP contribution in [-0.4, -0.2) is 16.2 Å². The topological polar surface area (TPSA) is 40.7 Å². The van der Waals surface area contributed by atoms with Gasteiger partial charge < -0.3 is 5.32 Å². The number of aromatic nitrogens is 2. The molecular weight excluding hydrogens is 210 g/mol. The molecule has 3 rings (SSSR count). The third-order valence-electron chi connectivity index (χ3n) is 3.96. The average Bonchev–Trinajstić information content (AvgIpc) is 2.70. The summed E-state index contributed by atoms with van der Waals surface area (Å²) in [5.41, 5.74) is 2.32. The summed E-state index contributed by atoms with van der Waals surface area (Å²) in [5, 5.41) is 11.9. The second-order valence-electron chi connectivity index (χ2n) is 5.45. The molecule has 0 spiro atoms. The van der Waals surface area contributed by atoms with E-state index < -0.39 is 0 Å². The van der Waals surface area contributed by atoms with Gasteiger partial charge in [-0.15, -0.1) is 0 Å². The molecule has 0 aliphatic heterocycles. The molecule has 0 saturated heterocycles. The van der Waals surface area contributed by atoms with Gasteiger partial charge in [0.15, 0.2) is 0 Å². The molecule has 0 unspecified atom stereocenters. The number of nitrogens with one attached hydrogen (secondary N) is 2. The largest absolute Gasteiger partial charge is 0.382 e. The van der Waals surface area contributed by atoms with Gasteiger partial charge in [0.2, 0.25) is 0 Å². The normalized spacial score (nSPS) is 23.9. The van der Waals surface area contributed by atoms with Crippen molar-refractivity contribution >= 4 is 16.6 Å². The Hall–Kier alpha value is -1.51. The molecule has 1 aromatic heterocycles. The second-order valence-corrected chi connectivity index (χ2v) is 5.45. The summed E-state index contributed by atoms with van der Waals surface area (Å²) in [6, 6.07) is 6.91. The number of hydrogen-bond acceptors (Lipinski definition) is 2. The summed E-state index contributed by atoms with van der Waals surface area (Å²) in [7, 11) is 0. The van der Waals surface area contributed by atoms with Crippen molar-refractivity contribution in [1.29, 1.82) is 0 Å². The molecule has 0 bridgehead atoms. The highest BCUT2D eigenvalue weighted by Crippen LogP contribution is 2.36. The minimum atomic E-state index is 0.642. The Labute approximate surface area is 102 Å². The predicted octanol–water partition coefficient (Wildman–Crippen LogP) is 3.41. The van der Waals surface area contributed by atoms with Gasteiger partial charge in [0.1, 0.15) is 0 Å². The Morgan fingerprint density at radius 3 is 2.94 bits per heavy atom. The number of nitrogens with zero attached hydrogens (tertiary/aromatic N) is 1. The Morgan fingerprint density at radius 1 is 1.35 bits per heavy atom. The highest BCUT2D eigenvalue weighted by atomic mass is 15.1. The van der Waals surface area contributed by atoms with Crippen molar-refractivity contribution < 1.29 is 0 Å². The first-order valence-corrected chi connectivity index (χ1v) is 6.42. The predicted molar refractivity (Wildman–Crippen MR) is 71.1 cm³/mol. The summed E-state index contributed by atoms with van der Waals surface area (Å²) in [5.74, 6) is 1.72. The number of hydrogen-bond donors (Lipinski definition) is 2. The zero-order chi connectivity index (χ0) is 11.8. The summed E-state index contributed by atoms with van der Waals surface area (Å²) < 4.78 is 0. The molecule has 17 heavy (non-hydrogen) atoms. The van der Waals surface area contributed by atoms with Crippen molar-refractivity contribution in [3.05, 3.63) is 24.4 Å². The SMILES string of the molecule is CC(C)C1CC(Nc2cccc3[nH]ncc23)C1. The molecule has 3 heteroatoms. The standard InChI is InChI=1S/C14H19N3/c1-9(2)10-6-11(7-10)16-13-4-3-5-14-12(13)8-15-17-14/h3-5,8-11,16H,6-7H2,1-2H3,(H,15,17). The number of rotatable bonds is 3. The fraction of sp³-hybridized carbons (Fsp3) is 0.500. The van der Waals surface area contributed by atoms with E-state index in [2.05, 4.69) is 47.6 Å². The van der Waals surface area contributed by atoms with Crippen molar-refractivity contribution in [2.24, 2.45) is 11.8 Å². The van der Waals surface area contributed by atoms with Crippen LogP contribution >= 0.6 is 0 Å². The average molecular weight is 229 g/mol. The van der Waals surface area contributed by atoms with Crippen LogP contribution in [0.15, 0.2) is 24.4 Å². The van der Waals surface area contributed by atoms with Gasteiger partial charge in [-0.3, -0.25) is 5.10 Å². The monoisotopic (exact) mass is 229 g/mol. The van der Waals surface area contributed by atoms with Crippen LogP contribution in [0.1, 0.15) is 26.7 Å². The van der Waals surface area contributed by atoms with Crippen LogP contribution in [0.2, 0.25) is 0 Å². The molecule has 1 aromatic carbocycles. The molecule has 3 nitrogen and oxygen atoms in total. The molecule has 1 fully saturated rings. The van der Waals surface area contributed by atoms with E-state index in [0.29, 0.717) is 6.04 Å². The number of anilines is 1. The van der Waals surface area contributed by atoms with Gasteiger partial charge in [-0.25, -0.2) is 0 Å². The lowest BCUT2D eigenvalue weighted by Crippen LogP contribution is -2.37. The maximum atomic E-state index is 4.09. The number of benzene rings is 1. The van der Waals surface area contributed by atoms with Crippen molar-refractivity contribution in [3.63, 3.8) is 0 Å². The minimum Gasteiger partial charge on any atom is -0.382 e. The first kappa shape index (κ1) is 10.6. The van der Waals surface area contributed by atoms with Crippen LogP contribution in [0.3, 0.4) is 0 Å². The lowest BCUT2D eigenvalue weighted by molar-refractivity contribution is 0.212. The van der Waals surface area contributed by atoms with Crippen molar-refractivity contribution in [3.8, 4) is 0 Å². The van der Waals surface area contributed by atoms with Gasteiger partial charge in [-0.05, 0) is 36.8 Å². The Kier molecular flexibility index (Phi) is 2.54. The van der Waals surface area contributed by atoms with Gasteiger partial charge in [0.25, 0.3) is 0 Å². The van der Waals surface area contributed by atoms with Crippen LogP contribution < -0.4 is 5.32 Å². The summed E-state index contributed by atoms with van der Waals surface area (Å²) in [6.45, 7) is 4.63. The molecule has 0 amide bonds. The summed E-state index contributed by atoms with van der Waals surface area (Å²) in [4.78, 5) is 0. The molecule has 1 aliphatic rings. The molecule has 1 heterocycles. The van der Waals surface area contributed by atoms with E-state index in [9.17, 15) is 0 Å². The third-order valence-corrected chi connectivity index (χ3v) is 3.96. The molecule has 0 atom stereocenters. The highest BCUT2D eigenvalue weighted by Gasteiger charge is 2.31. The molecule has 1 saturated carbocycles. The quantitative estimate of drug-likeness (QED) is 0.846. The molecule has 90 valence electrons. The molecule has 1 aliphatic carbocycles. The number of fused-ring (bicyclic) bond motifs is 1. The first-order chi connectivity index (χ1) is 8.24. The smallest absolute Gasteiger partial charge is 0.0671 e. The lowest BCUT2D eigenvalue weighted by Gasteiger charge is -2.39. The molecular formula is C14H19N3. The van der Waals surface area contributed by atoms with E-state index in [1.807, 2.05) is 6.20 Å². The van der Waals surface area contributed by atoms with Gasteiger partial charge in [-0.1, -0.05) is 19.9 Å². The fourth-order valence-corrected chi connectivity index (χ4v) is 2.64. The third kappa shape index (κ3) is 1.90. The maximum Gasteiger partial charge on any atom is 0.0671 e. The number of aromatic amines is 1. The van der Waals surface area contributed by atoms with E-state index >= 15 is 0 Å². The zero-order valence-electron chi connectivity index (χ0n) is 10.4. The second kappa shape index (κ2) is 4.06. The lowest BCUT2D eigenvalue weighted by atomic mass is 9.73. The van der Waals surface area contributed by atoms with Crippen molar-refractivity contribution in [1.82, 2.24) is 10.2 Å². The summed E-state index contributed by atoms with van der Waals surface area (Å²) in [6.07, 6.45) is 4.49. The van der Waals surface area contributed by atoms with Crippen LogP contribution in [0.5, 0.6) is 0 Å². The van der Waals surface area contributed by atoms with Gasteiger partial charge in [0.05, 0.1) is 11.7 Å². The summed E-state index contributed by atoms with van der Waals surface area (Å²) >= 11 is 0. The zero-order valence-corrected chi connectivity index (χ0v) is 10.4. The van der Waals surface area contributed by atoms with Gasteiger partial charge in [-0.2, -0.15) is 5.10 Å². The Balaban J connectivity index is 1.72. The maximum absolute atomic E-state index is 4.09. The Bertz CT molecular complexity index is 509. The Morgan fingerprint density at radius 2 is 2.18 bits per heavy atom. The molecule has 0 radical (unpaired) electrons. The van der Waals surface area contributed by atoms with Gasteiger partial charge >= 0.3 is 0 Å². The van der Waals surface area contributed by atoms with E-state index in [4.69, 9.17) is 0 Å². The van der Waals surface area contributed by atoms with E-state index in [0.717, 1.165) is 17.4 Å². The van der Waals surface area contributed by atoms with Crippen LogP contribution in [0.25, 0.3) is 10.9 Å². The van der Waals surface area contributed by atoms with Crippen molar-refractivity contribution in [2.45, 2.75) is 32.7 Å². The fourth-order valence-electron chi connectivity index (χ4n) is 2.64. The van der Waals surface area contributed by atoms with E-state index in [1.54, 1.807) is 0 Å². The van der Waals surface area contributed by atoms with E-state index in [-0.39, 0.29) is 0 Å². The molecule has 2 aromatic rings. The minimum absolute atomic E-state index is 0.642. The van der Waals surface area contributed by atoms with Gasteiger partial charge in [0, 0.05) is 17.1 Å². The van der Waals surface area contributed by atoms with Crippen LogP contribution in [0, 0.1) is 11.8 Å². The number of H-pyrrole nitrogens is 1. The van der Waals surface area contributed by atoms with Crippen molar-refractivity contribution in [2.75, 3.05) is 5.32 Å². The van der Waals surface area contributed by atoms with E-state index in [1.165, 1.54) is 23.9 Å². The first-order valence-electron chi connectivity index (χ1n) is 6.42. The van der Waals surface area contributed by atoms with Crippen LogP contribution in [0.4, 0.5) is 5.69 Å². The highest BCUT2D eigenvalue weighted by molar-refractivity contribution is 5.90. The van der Waals surface area contributed by atoms with Crippen LogP contribution in [-0.2, 0) is 0 Å². The molecule has 2 N–H and O–H groups in total.